The molecular weight excluding hydrogens is 561 g/mol. The molecule has 4 rings (SSSR count). The molecule has 0 saturated heterocycles. The number of carbonyl (C=O) groups is 2. The summed E-state index contributed by atoms with van der Waals surface area (Å²) in [5.41, 5.74) is -0.760. The van der Waals surface area contributed by atoms with Crippen molar-refractivity contribution < 1.29 is 41.0 Å². The maximum Gasteiger partial charge on any atom is 0.407 e. The fourth-order valence-electron chi connectivity index (χ4n) is 4.37. The Morgan fingerprint density at radius 1 is 0.976 bits per heavy atom. The molecule has 0 fully saturated rings. The summed E-state index contributed by atoms with van der Waals surface area (Å²) in [7, 11) is 0. The van der Waals surface area contributed by atoms with Gasteiger partial charge in [0.25, 0.3) is 0 Å². The molecule has 1 N–H and O–H groups in total. The Kier molecular flexibility index (Phi) is 8.83. The number of ether oxygens (including phenoxy) is 2. The zero-order valence-electron chi connectivity index (χ0n) is 23.2. The number of aryl methyl sites for hydroxylation is 1. The highest BCUT2D eigenvalue weighted by atomic mass is 19.2. The van der Waals surface area contributed by atoms with Crippen molar-refractivity contribution in [1.82, 2.24) is 14.7 Å². The number of halogens is 5. The normalized spacial score (nSPS) is 12.3. The smallest absolute Gasteiger partial charge is 0.407 e. The lowest BCUT2D eigenvalue weighted by molar-refractivity contribution is 0.0522. The van der Waals surface area contributed by atoms with Crippen molar-refractivity contribution in [3.63, 3.8) is 0 Å². The van der Waals surface area contributed by atoms with E-state index in [4.69, 9.17) is 9.47 Å². The van der Waals surface area contributed by atoms with Crippen molar-refractivity contribution in [2.45, 2.75) is 52.2 Å². The van der Waals surface area contributed by atoms with Gasteiger partial charge in [-0.25, -0.2) is 31.7 Å². The van der Waals surface area contributed by atoms with Crippen LogP contribution in [0.5, 0.6) is 5.75 Å². The number of hydrogen-bond acceptors (Lipinski definition) is 5. The van der Waals surface area contributed by atoms with Crippen LogP contribution in [0.2, 0.25) is 0 Å². The number of benzene rings is 2. The van der Waals surface area contributed by atoms with Gasteiger partial charge in [-0.3, -0.25) is 9.20 Å². The summed E-state index contributed by atoms with van der Waals surface area (Å²) in [5, 5.41) is 2.54. The molecule has 12 heteroatoms. The lowest BCUT2D eigenvalue weighted by Crippen LogP contribution is -2.35. The Balaban J connectivity index is 1.64. The van der Waals surface area contributed by atoms with Gasteiger partial charge in [-0.05, 0) is 57.5 Å². The number of rotatable bonds is 9. The molecule has 0 radical (unpaired) electrons. The number of pyridine rings is 1. The predicted molar refractivity (Wildman–Crippen MR) is 143 cm³/mol. The van der Waals surface area contributed by atoms with Crippen LogP contribution in [0.4, 0.5) is 26.7 Å². The van der Waals surface area contributed by atoms with Crippen LogP contribution in [0.1, 0.15) is 60.4 Å². The van der Waals surface area contributed by atoms with Gasteiger partial charge < -0.3 is 14.8 Å². The topological polar surface area (TPSA) is 81.9 Å². The third-order valence-corrected chi connectivity index (χ3v) is 6.26. The van der Waals surface area contributed by atoms with Crippen molar-refractivity contribution in [2.75, 3.05) is 6.54 Å². The molecule has 1 unspecified atom stereocenters. The average Bonchev–Trinajstić information content (AvgIpc) is 3.22. The lowest BCUT2D eigenvalue weighted by Gasteiger charge is -2.22. The Labute approximate surface area is 238 Å². The molecule has 0 spiro atoms. The van der Waals surface area contributed by atoms with Crippen molar-refractivity contribution in [1.29, 1.82) is 0 Å². The molecule has 0 aliphatic heterocycles. The molecule has 2 heterocycles. The van der Waals surface area contributed by atoms with Gasteiger partial charge in [0.1, 0.15) is 35.4 Å². The van der Waals surface area contributed by atoms with E-state index in [1.165, 1.54) is 19.1 Å². The summed E-state index contributed by atoms with van der Waals surface area (Å²) >= 11 is 0. The van der Waals surface area contributed by atoms with Gasteiger partial charge in [0.05, 0.1) is 11.3 Å². The fraction of sp³-hybridized carbons (Fsp3) is 0.300. The zero-order chi connectivity index (χ0) is 30.8. The molecule has 222 valence electrons. The maximum atomic E-state index is 14.7. The van der Waals surface area contributed by atoms with Crippen LogP contribution < -0.4 is 10.1 Å². The molecule has 1 amide bonds. The van der Waals surface area contributed by atoms with Crippen LogP contribution in [-0.4, -0.2) is 33.4 Å². The number of nitrogens with zero attached hydrogens (tertiary/aromatic N) is 2. The Bertz CT molecular complexity index is 1630. The molecule has 0 bridgehead atoms. The van der Waals surface area contributed by atoms with Gasteiger partial charge in [0.2, 0.25) is 0 Å². The minimum Gasteiger partial charge on any atom is -0.485 e. The van der Waals surface area contributed by atoms with E-state index in [-0.39, 0.29) is 46.9 Å². The van der Waals surface area contributed by atoms with E-state index in [1.54, 1.807) is 20.8 Å². The number of alkyl carbamates (subject to hydrolysis) is 1. The number of aromatic nitrogens is 2. The van der Waals surface area contributed by atoms with E-state index < -0.39 is 59.1 Å². The molecule has 2 aromatic carbocycles. The van der Waals surface area contributed by atoms with Crippen LogP contribution in [0.3, 0.4) is 0 Å². The van der Waals surface area contributed by atoms with E-state index in [0.29, 0.717) is 0 Å². The lowest BCUT2D eigenvalue weighted by atomic mass is 9.92. The predicted octanol–water partition coefficient (Wildman–Crippen LogP) is 6.80. The first-order chi connectivity index (χ1) is 19.7. The van der Waals surface area contributed by atoms with Crippen LogP contribution in [0, 0.1) is 36.0 Å². The van der Waals surface area contributed by atoms with E-state index in [2.05, 4.69) is 10.3 Å². The molecule has 0 saturated carbocycles. The summed E-state index contributed by atoms with van der Waals surface area (Å²) in [6.45, 7) is 5.77. The highest BCUT2D eigenvalue weighted by Crippen LogP contribution is 2.29. The number of amides is 1. The quantitative estimate of drug-likeness (QED) is 0.172. The van der Waals surface area contributed by atoms with Crippen LogP contribution >= 0.6 is 0 Å². The second kappa shape index (κ2) is 12.2. The van der Waals surface area contributed by atoms with E-state index in [1.807, 2.05) is 0 Å². The van der Waals surface area contributed by atoms with Crippen LogP contribution in [0.15, 0.2) is 48.7 Å². The molecule has 42 heavy (non-hydrogen) atoms. The molecule has 2 aromatic heterocycles. The third kappa shape index (κ3) is 7.04. The number of Topliss-reactive ketones (excluding diaryl/α,β-unsaturated/α-hetero) is 1. The maximum absolute atomic E-state index is 14.7. The van der Waals surface area contributed by atoms with Gasteiger partial charge in [-0.15, -0.1) is 0 Å². The number of nitrogens with one attached hydrogen (secondary N) is 1. The minimum atomic E-state index is -1.14. The number of ketones is 1. The number of imidazole rings is 1. The second-order valence-electron chi connectivity index (χ2n) is 10.6. The van der Waals surface area contributed by atoms with Gasteiger partial charge in [-0.2, -0.15) is 0 Å². The highest BCUT2D eigenvalue weighted by molar-refractivity contribution is 5.97. The summed E-state index contributed by atoms with van der Waals surface area (Å²) in [6.07, 6.45) is -0.0866. The van der Waals surface area contributed by atoms with Crippen molar-refractivity contribution in [2.24, 2.45) is 0 Å². The van der Waals surface area contributed by atoms with Gasteiger partial charge >= 0.3 is 6.09 Å². The molecule has 4 aromatic rings. The number of hydrogen-bond donors (Lipinski definition) is 1. The highest BCUT2D eigenvalue weighted by Gasteiger charge is 2.26. The number of fused-ring (bicyclic) bond motifs is 1. The van der Waals surface area contributed by atoms with E-state index in [0.717, 1.165) is 40.9 Å². The van der Waals surface area contributed by atoms with Crippen molar-refractivity contribution >= 4 is 17.5 Å². The summed E-state index contributed by atoms with van der Waals surface area (Å²) in [5.74, 6) is -6.29. The third-order valence-electron chi connectivity index (χ3n) is 6.26. The molecule has 0 aliphatic carbocycles. The van der Waals surface area contributed by atoms with Crippen molar-refractivity contribution in [3.8, 4) is 5.75 Å². The summed E-state index contributed by atoms with van der Waals surface area (Å²) < 4.78 is 82.5. The van der Waals surface area contributed by atoms with Crippen LogP contribution in [-0.2, 0) is 11.3 Å². The molecular formula is C30H28F5N3O4. The summed E-state index contributed by atoms with van der Waals surface area (Å²) in [6, 6.07) is 7.42. The Morgan fingerprint density at radius 3 is 2.31 bits per heavy atom. The zero-order valence-corrected chi connectivity index (χ0v) is 23.2. The SMILES string of the molecule is Cc1nc2c(OCc3c(F)cccc3F)cc(F)cn2c1C(=O)CC(CNC(=O)OC(C)(C)C)c1ccc(F)c(F)c1. The second-order valence-corrected chi connectivity index (χ2v) is 10.6. The number of carbonyl (C=O) groups excluding carboxylic acids is 2. The fourth-order valence-corrected chi connectivity index (χ4v) is 4.37. The summed E-state index contributed by atoms with van der Waals surface area (Å²) in [4.78, 5) is 30.2. The van der Waals surface area contributed by atoms with Crippen molar-refractivity contribution in [3.05, 3.63) is 100 Å². The Hall–Kier alpha value is -4.48. The first-order valence-electron chi connectivity index (χ1n) is 12.9. The van der Waals surface area contributed by atoms with Crippen LogP contribution in [0.25, 0.3) is 5.65 Å². The molecule has 0 aliphatic rings. The van der Waals surface area contributed by atoms with Gasteiger partial charge in [-0.1, -0.05) is 12.1 Å². The standard InChI is InChI=1S/C30H28F5N3O4/c1-16-27(38-14-19(31)12-26(28(38)37-16)41-15-20-21(32)6-5-7-22(20)33)25(39)11-18(13-36-29(40)42-30(2,3)4)17-8-9-23(34)24(35)10-17/h5-10,12,14,18H,11,13,15H2,1-4H3,(H,36,40). The Morgan fingerprint density at radius 2 is 1.67 bits per heavy atom. The molecule has 7 nitrogen and oxygen atoms in total. The first-order valence-corrected chi connectivity index (χ1v) is 12.9. The van der Waals surface area contributed by atoms with E-state index in [9.17, 15) is 31.5 Å². The van der Waals surface area contributed by atoms with Gasteiger partial charge in [0.15, 0.2) is 28.8 Å². The molecule has 1 atom stereocenters. The van der Waals surface area contributed by atoms with E-state index >= 15 is 0 Å². The average molecular weight is 590 g/mol. The van der Waals surface area contributed by atoms with Gasteiger partial charge in [0, 0.05) is 31.1 Å². The minimum absolute atomic E-state index is 0.0188. The first kappa shape index (κ1) is 30.5. The largest absolute Gasteiger partial charge is 0.485 e. The monoisotopic (exact) mass is 589 g/mol.